The molecule has 4 atom stereocenters. The van der Waals surface area contributed by atoms with Gasteiger partial charge in [0.2, 0.25) is 0 Å². The summed E-state index contributed by atoms with van der Waals surface area (Å²) in [5.74, 6) is 0.0985. The van der Waals surface area contributed by atoms with Gasteiger partial charge in [0, 0.05) is 12.8 Å². The number of nitrogens with zero attached hydrogens (tertiary/aromatic N) is 2. The van der Waals surface area contributed by atoms with Gasteiger partial charge < -0.3 is 14.6 Å². The molecule has 5 aromatic rings. The minimum absolute atomic E-state index is 0.0985. The van der Waals surface area contributed by atoms with Crippen molar-refractivity contribution in [3.05, 3.63) is 144 Å². The van der Waals surface area contributed by atoms with Gasteiger partial charge in [0.05, 0.1) is 11.4 Å². The Hall–Kier alpha value is -3.81. The van der Waals surface area contributed by atoms with Gasteiger partial charge in [-0.3, -0.25) is 4.57 Å². The van der Waals surface area contributed by atoms with Gasteiger partial charge in [-0.2, -0.15) is 4.98 Å². The van der Waals surface area contributed by atoms with Gasteiger partial charge in [0.25, 0.3) is 16.6 Å². The van der Waals surface area contributed by atoms with Crippen molar-refractivity contribution in [2.24, 2.45) is 0 Å². The molecule has 6 rings (SSSR count). The Labute approximate surface area is 307 Å². The Balaban J connectivity index is 1.51. The smallest absolute Gasteiger partial charge is 0.350 e. The van der Waals surface area contributed by atoms with Gasteiger partial charge in [-0.05, 0) is 36.9 Å². The Morgan fingerprint density at radius 2 is 1.12 bits per heavy atom. The summed E-state index contributed by atoms with van der Waals surface area (Å²) in [7, 11) is -6.20. The van der Waals surface area contributed by atoms with Crippen LogP contribution in [0.15, 0.2) is 138 Å². The molecule has 2 N–H and O–H groups in total. The summed E-state index contributed by atoms with van der Waals surface area (Å²) in [5, 5.41) is 2.39. The second-order valence-electron chi connectivity index (χ2n) is 15.3. The van der Waals surface area contributed by atoms with Crippen LogP contribution in [0.5, 0.6) is 0 Å². The maximum absolute atomic E-state index is 17.5. The fraction of sp³-hybridized carbons (Fsp3) is 0.317. The van der Waals surface area contributed by atoms with Gasteiger partial charge in [-0.1, -0.05) is 163 Å². The largest absolute Gasteiger partial charge is 0.406 e. The molecule has 266 valence electrons. The number of alkyl halides is 1. The molecule has 0 amide bonds. The molecule has 4 aromatic carbocycles. The van der Waals surface area contributed by atoms with E-state index in [-0.39, 0.29) is 22.5 Å². The van der Waals surface area contributed by atoms with Crippen LogP contribution in [0.3, 0.4) is 0 Å². The van der Waals surface area contributed by atoms with Crippen molar-refractivity contribution in [1.82, 2.24) is 9.55 Å². The predicted octanol–water partition coefficient (Wildman–Crippen LogP) is 6.30. The van der Waals surface area contributed by atoms with E-state index in [1.807, 2.05) is 48.5 Å². The van der Waals surface area contributed by atoms with Crippen LogP contribution in [-0.2, 0) is 8.85 Å². The van der Waals surface area contributed by atoms with Crippen LogP contribution in [0.2, 0.25) is 10.1 Å². The number of rotatable bonds is 10. The molecule has 0 aliphatic carbocycles. The lowest BCUT2D eigenvalue weighted by atomic mass is 10.1. The van der Waals surface area contributed by atoms with E-state index in [9.17, 15) is 4.79 Å². The van der Waals surface area contributed by atoms with Crippen molar-refractivity contribution in [1.29, 1.82) is 0 Å². The number of nitrogens with two attached hydrogens (primary N) is 1. The lowest BCUT2D eigenvalue weighted by molar-refractivity contribution is 0.0760. The molecular weight excluding hydrogens is 690 g/mol. The molecule has 6 nitrogen and oxygen atoms in total. The molecule has 1 aliphatic heterocycles. The highest BCUT2D eigenvalue weighted by Gasteiger charge is 2.58. The molecule has 1 fully saturated rings. The molecular formula is C41H48FN3O3SSi2. The standard InChI is InChI=1S/C41H48FN3O3SSi2/c1-40(2,3)50(30-19-11-7-12-20-30,31-21-13-8-14-22-31)47-29-34-37(36(42)38(49-34)45-28-27-35(43)44-39(45)46)48-51(41(4,5)6,32-23-15-9-16-24-32)33-25-17-10-18-26-33/h7-28,34,36-38H,29H2,1-6H3,(H2,43,44,46)/t34-,36+,37-,38-/m1/s1. The van der Waals surface area contributed by atoms with Crippen molar-refractivity contribution in [2.45, 2.75) is 74.5 Å². The number of aromatic nitrogens is 2. The van der Waals surface area contributed by atoms with Crippen LogP contribution in [0.25, 0.3) is 0 Å². The molecule has 1 aromatic heterocycles. The molecule has 10 heteroatoms. The molecule has 0 saturated carbocycles. The highest BCUT2D eigenvalue weighted by Crippen LogP contribution is 2.49. The number of benzene rings is 4. The first-order valence-electron chi connectivity index (χ1n) is 17.5. The zero-order valence-electron chi connectivity index (χ0n) is 30.2. The number of hydrogen-bond acceptors (Lipinski definition) is 6. The molecule has 0 bridgehead atoms. The minimum atomic E-state index is -3.21. The predicted molar refractivity (Wildman–Crippen MR) is 214 cm³/mol. The van der Waals surface area contributed by atoms with E-state index in [0.29, 0.717) is 0 Å². The zero-order chi connectivity index (χ0) is 36.4. The SMILES string of the molecule is CC(C)(C)[Si](OC[C@H]1S[C@@H](n2ccc(N)nc2=O)[C@@H](F)[C@@H]1O[Si](c1ccccc1)(c1ccccc1)C(C)(C)C)(c1ccccc1)c1ccccc1. The van der Waals surface area contributed by atoms with Gasteiger partial charge in [0.15, 0.2) is 6.17 Å². The molecule has 1 saturated heterocycles. The van der Waals surface area contributed by atoms with Crippen LogP contribution >= 0.6 is 11.8 Å². The van der Waals surface area contributed by atoms with Gasteiger partial charge >= 0.3 is 5.69 Å². The third-order valence-electron chi connectivity index (χ3n) is 10.0. The third kappa shape index (κ3) is 6.92. The summed E-state index contributed by atoms with van der Waals surface area (Å²) in [6, 6.07) is 43.0. The number of hydrogen-bond donors (Lipinski definition) is 1. The van der Waals surface area contributed by atoms with Crippen molar-refractivity contribution in [3.8, 4) is 0 Å². The quantitative estimate of drug-likeness (QED) is 0.170. The van der Waals surface area contributed by atoms with E-state index in [2.05, 4.69) is 119 Å². The van der Waals surface area contributed by atoms with Gasteiger partial charge in [-0.25, -0.2) is 9.18 Å². The van der Waals surface area contributed by atoms with Crippen LogP contribution in [0.4, 0.5) is 10.2 Å². The second-order valence-corrected chi connectivity index (χ2v) is 25.2. The van der Waals surface area contributed by atoms with E-state index < -0.39 is 45.2 Å². The Kier molecular flexibility index (Phi) is 10.6. The first-order chi connectivity index (χ1) is 24.3. The highest BCUT2D eigenvalue weighted by molar-refractivity contribution is 8.00. The van der Waals surface area contributed by atoms with Crippen LogP contribution in [0, 0.1) is 0 Å². The van der Waals surface area contributed by atoms with Gasteiger partial charge in [-0.15, -0.1) is 11.8 Å². The molecule has 51 heavy (non-hydrogen) atoms. The molecule has 0 unspecified atom stereocenters. The number of nitrogen functional groups attached to an aromatic ring is 1. The average molecular weight is 738 g/mol. The Morgan fingerprint density at radius 1 is 0.706 bits per heavy atom. The van der Waals surface area contributed by atoms with E-state index in [1.165, 1.54) is 16.3 Å². The lowest BCUT2D eigenvalue weighted by Crippen LogP contribution is -2.69. The topological polar surface area (TPSA) is 79.4 Å². The maximum atomic E-state index is 17.5. The molecule has 0 spiro atoms. The monoisotopic (exact) mass is 737 g/mol. The van der Waals surface area contributed by atoms with Crippen molar-refractivity contribution in [3.63, 3.8) is 0 Å². The summed E-state index contributed by atoms with van der Waals surface area (Å²) < 4.78 is 33.9. The summed E-state index contributed by atoms with van der Waals surface area (Å²) in [5.41, 5.74) is 5.27. The third-order valence-corrected chi connectivity index (χ3v) is 21.6. The van der Waals surface area contributed by atoms with Crippen LogP contribution < -0.4 is 32.2 Å². The fourth-order valence-corrected chi connectivity index (χ4v) is 18.7. The van der Waals surface area contributed by atoms with Crippen molar-refractivity contribution in [2.75, 3.05) is 12.3 Å². The Bertz CT molecular complexity index is 1880. The summed E-state index contributed by atoms with van der Waals surface area (Å²) in [6.45, 7) is 13.5. The van der Waals surface area contributed by atoms with Crippen molar-refractivity contribution >= 4 is 55.0 Å². The Morgan fingerprint density at radius 3 is 1.51 bits per heavy atom. The van der Waals surface area contributed by atoms with E-state index in [4.69, 9.17) is 14.6 Å². The van der Waals surface area contributed by atoms with E-state index in [0.717, 1.165) is 20.7 Å². The van der Waals surface area contributed by atoms with Crippen LogP contribution in [0.1, 0.15) is 46.9 Å². The highest BCUT2D eigenvalue weighted by atomic mass is 32.2. The zero-order valence-corrected chi connectivity index (χ0v) is 33.0. The summed E-state index contributed by atoms with van der Waals surface area (Å²) >= 11 is 1.38. The first-order valence-corrected chi connectivity index (χ1v) is 22.2. The summed E-state index contributed by atoms with van der Waals surface area (Å²) in [4.78, 5) is 17.2. The summed E-state index contributed by atoms with van der Waals surface area (Å²) in [6.07, 6.45) is -0.915. The molecule has 0 radical (unpaired) electrons. The second kappa shape index (κ2) is 14.7. The molecule has 1 aliphatic rings. The number of thioether (sulfide) groups is 1. The van der Waals surface area contributed by atoms with Crippen LogP contribution in [-0.4, -0.2) is 50.3 Å². The normalized spacial score (nSPS) is 20.0. The number of anilines is 1. The number of halogens is 1. The average Bonchev–Trinajstić information content (AvgIpc) is 3.41. The lowest BCUT2D eigenvalue weighted by Gasteiger charge is -2.46. The van der Waals surface area contributed by atoms with E-state index in [1.54, 1.807) is 12.3 Å². The maximum Gasteiger partial charge on any atom is 0.350 e. The van der Waals surface area contributed by atoms with Gasteiger partial charge in [0.1, 0.15) is 11.2 Å². The first kappa shape index (κ1) is 37.0. The van der Waals surface area contributed by atoms with E-state index >= 15 is 4.39 Å². The fourth-order valence-electron chi connectivity index (χ4n) is 7.68. The molecule has 2 heterocycles. The van der Waals surface area contributed by atoms with Crippen molar-refractivity contribution < 1.29 is 13.2 Å². The minimum Gasteiger partial charge on any atom is -0.406 e.